The quantitative estimate of drug-likeness (QED) is 0.201. The van der Waals surface area contributed by atoms with Crippen molar-refractivity contribution in [1.29, 1.82) is 0 Å². The molecule has 0 bridgehead atoms. The maximum Gasteiger partial charge on any atom is 0.145 e. The minimum atomic E-state index is 0.828. The minimum absolute atomic E-state index is 0.828. The Hall–Kier alpha value is -5.80. The molecule has 0 aliphatic rings. The van der Waals surface area contributed by atoms with E-state index in [1.807, 2.05) is 24.3 Å². The second-order valence-corrected chi connectivity index (χ2v) is 11.2. The van der Waals surface area contributed by atoms with Gasteiger partial charge < -0.3 is 13.3 Å². The smallest absolute Gasteiger partial charge is 0.145 e. The lowest BCUT2D eigenvalue weighted by Crippen LogP contribution is -1.91. The molecule has 43 heavy (non-hydrogen) atoms. The van der Waals surface area contributed by atoms with Crippen LogP contribution in [0.15, 0.2) is 147 Å². The van der Waals surface area contributed by atoms with Gasteiger partial charge in [0, 0.05) is 21.5 Å². The Bertz CT molecular complexity index is 2680. The summed E-state index contributed by atoms with van der Waals surface area (Å²) < 4.78 is 18.8. The van der Waals surface area contributed by atoms with Crippen LogP contribution in [0.3, 0.4) is 0 Å². The van der Waals surface area contributed by atoms with Gasteiger partial charge in [-0.1, -0.05) is 84.9 Å². The number of hydrogen-bond donors (Lipinski definition) is 0. The molecule has 3 nitrogen and oxygen atoms in total. The number of fused-ring (bicyclic) bond motifs is 10. The summed E-state index contributed by atoms with van der Waals surface area (Å²) in [6, 6.07) is 44.8. The lowest BCUT2D eigenvalue weighted by molar-refractivity contribution is 0.618. The highest BCUT2D eigenvalue weighted by molar-refractivity contribution is 6.28. The average molecular weight is 551 g/mol. The molecule has 10 aromatic rings. The van der Waals surface area contributed by atoms with Crippen LogP contribution in [-0.4, -0.2) is 0 Å². The van der Waals surface area contributed by atoms with Crippen molar-refractivity contribution >= 4 is 76.4 Å². The monoisotopic (exact) mass is 550 g/mol. The van der Waals surface area contributed by atoms with Crippen molar-refractivity contribution in [2.75, 3.05) is 0 Å². The summed E-state index contributed by atoms with van der Waals surface area (Å²) in [5.74, 6) is 0. The number of benzene rings is 7. The van der Waals surface area contributed by atoms with Gasteiger partial charge >= 0.3 is 0 Å². The summed E-state index contributed by atoms with van der Waals surface area (Å²) in [6.07, 6.45) is 1.75. The van der Waals surface area contributed by atoms with Crippen molar-refractivity contribution in [3.05, 3.63) is 134 Å². The third kappa shape index (κ3) is 3.08. The summed E-state index contributed by atoms with van der Waals surface area (Å²) in [6.45, 7) is 0. The van der Waals surface area contributed by atoms with E-state index in [0.717, 1.165) is 66.0 Å². The number of furan rings is 3. The molecule has 0 N–H and O–H groups in total. The maximum atomic E-state index is 6.40. The van der Waals surface area contributed by atoms with Gasteiger partial charge in [0.1, 0.15) is 27.9 Å². The Morgan fingerprint density at radius 3 is 1.81 bits per heavy atom. The van der Waals surface area contributed by atoms with Crippen LogP contribution in [0.4, 0.5) is 0 Å². The molecular weight excluding hydrogens is 528 g/mol. The van der Waals surface area contributed by atoms with E-state index < -0.39 is 0 Å². The molecule has 3 heteroatoms. The van der Waals surface area contributed by atoms with Crippen molar-refractivity contribution in [3.63, 3.8) is 0 Å². The van der Waals surface area contributed by atoms with Crippen LogP contribution in [0.5, 0.6) is 0 Å². The molecule has 0 spiro atoms. The van der Waals surface area contributed by atoms with Crippen molar-refractivity contribution in [2.45, 2.75) is 0 Å². The highest BCUT2D eigenvalue weighted by Gasteiger charge is 2.22. The predicted octanol–water partition coefficient (Wildman–Crippen LogP) is 11.9. The molecule has 0 atom stereocenters. The second-order valence-electron chi connectivity index (χ2n) is 11.2. The van der Waals surface area contributed by atoms with Crippen LogP contribution in [0, 0.1) is 0 Å². The number of para-hydroxylation sites is 1. The largest absolute Gasteiger partial charge is 0.464 e. The lowest BCUT2D eigenvalue weighted by atomic mass is 9.85. The van der Waals surface area contributed by atoms with Gasteiger partial charge in [0.2, 0.25) is 0 Å². The Balaban J connectivity index is 1.35. The van der Waals surface area contributed by atoms with E-state index in [2.05, 4.69) is 103 Å². The summed E-state index contributed by atoms with van der Waals surface area (Å²) >= 11 is 0. The van der Waals surface area contributed by atoms with Gasteiger partial charge in [-0.25, -0.2) is 0 Å². The average Bonchev–Trinajstić information content (AvgIpc) is 3.78. The van der Waals surface area contributed by atoms with Crippen LogP contribution in [0.1, 0.15) is 0 Å². The first kappa shape index (κ1) is 22.8. The van der Waals surface area contributed by atoms with Gasteiger partial charge in [0.05, 0.1) is 11.6 Å². The Kier molecular flexibility index (Phi) is 4.45. The molecule has 0 aliphatic carbocycles. The van der Waals surface area contributed by atoms with Crippen molar-refractivity contribution in [1.82, 2.24) is 0 Å². The van der Waals surface area contributed by atoms with Crippen LogP contribution >= 0.6 is 0 Å². The molecule has 0 radical (unpaired) electrons. The molecule has 0 unspecified atom stereocenters. The molecular formula is C40H22O3. The third-order valence-corrected chi connectivity index (χ3v) is 8.95. The van der Waals surface area contributed by atoms with Gasteiger partial charge in [-0.3, -0.25) is 0 Å². The molecule has 10 rings (SSSR count). The first-order valence-electron chi connectivity index (χ1n) is 14.5. The summed E-state index contributed by atoms with van der Waals surface area (Å²) in [5, 5.41) is 10.2. The Morgan fingerprint density at radius 2 is 1.02 bits per heavy atom. The summed E-state index contributed by atoms with van der Waals surface area (Å²) in [7, 11) is 0. The molecule has 0 aliphatic heterocycles. The zero-order valence-electron chi connectivity index (χ0n) is 22.9. The van der Waals surface area contributed by atoms with Crippen molar-refractivity contribution in [3.8, 4) is 22.3 Å². The van der Waals surface area contributed by atoms with Gasteiger partial charge in [0.15, 0.2) is 0 Å². The topological polar surface area (TPSA) is 39.4 Å². The van der Waals surface area contributed by atoms with E-state index in [-0.39, 0.29) is 0 Å². The van der Waals surface area contributed by atoms with Gasteiger partial charge in [0.25, 0.3) is 0 Å². The van der Waals surface area contributed by atoms with E-state index in [9.17, 15) is 0 Å². The number of rotatable bonds is 2. The third-order valence-electron chi connectivity index (χ3n) is 8.95. The minimum Gasteiger partial charge on any atom is -0.464 e. The standard InChI is InChI=1S/C40H22O3/c1-3-11-29-27(9-1)36(24-16-18-26-25-8-5-6-14-32(25)42-35(26)22-24)28-10-2-4-12-30(28)37(29)31-13-7-15-33-38(31)39-34(43-33)19-17-23-20-21-41-40(23)39/h1-22H. The van der Waals surface area contributed by atoms with E-state index in [1.54, 1.807) is 6.26 Å². The van der Waals surface area contributed by atoms with Crippen LogP contribution in [0.2, 0.25) is 0 Å². The highest BCUT2D eigenvalue weighted by Crippen LogP contribution is 2.48. The lowest BCUT2D eigenvalue weighted by Gasteiger charge is -2.18. The SMILES string of the molecule is c1ccc2c(c1)oc1cc(-c3c4ccccc4c(-c4cccc5oc6ccc7ccoc7c6c45)c4ccccc34)ccc12. The summed E-state index contributed by atoms with van der Waals surface area (Å²) in [4.78, 5) is 0. The molecule has 0 saturated heterocycles. The fourth-order valence-corrected chi connectivity index (χ4v) is 7.15. The Labute approximate surface area is 245 Å². The molecule has 0 amide bonds. The van der Waals surface area contributed by atoms with E-state index in [4.69, 9.17) is 13.3 Å². The van der Waals surface area contributed by atoms with Crippen molar-refractivity contribution in [2.24, 2.45) is 0 Å². The van der Waals surface area contributed by atoms with E-state index in [0.29, 0.717) is 0 Å². The van der Waals surface area contributed by atoms with Crippen molar-refractivity contribution < 1.29 is 13.3 Å². The zero-order valence-corrected chi connectivity index (χ0v) is 22.9. The fourth-order valence-electron chi connectivity index (χ4n) is 7.15. The molecule has 200 valence electrons. The molecule has 3 heterocycles. The van der Waals surface area contributed by atoms with Crippen LogP contribution in [-0.2, 0) is 0 Å². The first-order chi connectivity index (χ1) is 21.3. The Morgan fingerprint density at radius 1 is 0.395 bits per heavy atom. The maximum absolute atomic E-state index is 6.40. The van der Waals surface area contributed by atoms with Crippen LogP contribution in [0.25, 0.3) is 98.6 Å². The highest BCUT2D eigenvalue weighted by atomic mass is 16.3. The normalized spacial score (nSPS) is 12.2. The summed E-state index contributed by atoms with van der Waals surface area (Å²) in [5.41, 5.74) is 9.00. The molecule has 0 fully saturated rings. The van der Waals surface area contributed by atoms with Gasteiger partial charge in [-0.2, -0.15) is 0 Å². The molecule has 0 saturated carbocycles. The zero-order chi connectivity index (χ0) is 28.1. The van der Waals surface area contributed by atoms with E-state index >= 15 is 0 Å². The molecule has 3 aromatic heterocycles. The van der Waals surface area contributed by atoms with Gasteiger partial charge in [-0.05, 0) is 86.3 Å². The fraction of sp³-hybridized carbons (Fsp3) is 0. The molecule has 7 aromatic carbocycles. The van der Waals surface area contributed by atoms with E-state index in [1.165, 1.54) is 32.7 Å². The predicted molar refractivity (Wildman–Crippen MR) is 177 cm³/mol. The second kappa shape index (κ2) is 8.37. The number of hydrogen-bond acceptors (Lipinski definition) is 3. The first-order valence-corrected chi connectivity index (χ1v) is 14.5. The van der Waals surface area contributed by atoms with Crippen LogP contribution < -0.4 is 0 Å². The van der Waals surface area contributed by atoms with Gasteiger partial charge in [-0.15, -0.1) is 0 Å².